The minimum atomic E-state index is -0.662. The summed E-state index contributed by atoms with van der Waals surface area (Å²) in [7, 11) is 0. The van der Waals surface area contributed by atoms with Gasteiger partial charge in [-0.2, -0.15) is 0 Å². The Kier molecular flexibility index (Phi) is 6.36. The van der Waals surface area contributed by atoms with Gasteiger partial charge in [0, 0.05) is 11.8 Å². The molecule has 0 saturated carbocycles. The molecule has 0 bridgehead atoms. The van der Waals surface area contributed by atoms with Crippen molar-refractivity contribution in [1.82, 2.24) is 10.9 Å². The zero-order valence-corrected chi connectivity index (χ0v) is 15.5. The van der Waals surface area contributed by atoms with Crippen LogP contribution in [0.5, 0.6) is 17.2 Å². The Hall–Kier alpha value is -3.95. The third kappa shape index (κ3) is 5.51. The second-order valence-corrected chi connectivity index (χ2v) is 5.73. The molecule has 0 atom stereocenters. The number of hydrazine groups is 1. The van der Waals surface area contributed by atoms with Gasteiger partial charge < -0.3 is 24.3 Å². The third-order valence-electron chi connectivity index (χ3n) is 3.68. The number of carbonyl (C=O) groups excluding carboxylic acids is 3. The van der Waals surface area contributed by atoms with Crippen molar-refractivity contribution >= 4 is 23.6 Å². The summed E-state index contributed by atoms with van der Waals surface area (Å²) in [6, 6.07) is 10.4. The summed E-state index contributed by atoms with van der Waals surface area (Å²) < 4.78 is 20.6. The number of nitrogens with one attached hydrogen (secondary N) is 3. The fraction of sp³-hybridized carbons (Fsp3) is 0.211. The molecule has 1 aliphatic rings. The molecule has 3 amide bonds. The largest absolute Gasteiger partial charge is 0.484 e. The lowest BCUT2D eigenvalue weighted by Crippen LogP contribution is -2.45. The van der Waals surface area contributed by atoms with E-state index in [1.54, 1.807) is 25.1 Å². The lowest BCUT2D eigenvalue weighted by Gasteiger charge is -2.10. The third-order valence-corrected chi connectivity index (χ3v) is 3.68. The monoisotopic (exact) mass is 401 g/mol. The van der Waals surface area contributed by atoms with Crippen LogP contribution in [0.25, 0.3) is 0 Å². The highest BCUT2D eigenvalue weighted by atomic mass is 16.7. The Labute approximate surface area is 166 Å². The van der Waals surface area contributed by atoms with Gasteiger partial charge in [0.05, 0.1) is 12.2 Å². The highest BCUT2D eigenvalue weighted by Gasteiger charge is 2.14. The van der Waals surface area contributed by atoms with Crippen LogP contribution in [-0.2, 0) is 9.53 Å². The maximum absolute atomic E-state index is 11.8. The van der Waals surface area contributed by atoms with Crippen LogP contribution < -0.4 is 30.4 Å². The molecule has 1 heterocycles. The van der Waals surface area contributed by atoms with E-state index in [1.807, 2.05) is 0 Å². The zero-order valence-electron chi connectivity index (χ0n) is 15.5. The van der Waals surface area contributed by atoms with E-state index in [-0.39, 0.29) is 20.0 Å². The molecule has 10 nitrogen and oxygen atoms in total. The summed E-state index contributed by atoms with van der Waals surface area (Å²) in [5.74, 6) is 0.564. The molecule has 3 rings (SSSR count). The molecule has 2 aromatic rings. The van der Waals surface area contributed by atoms with Crippen molar-refractivity contribution in [2.24, 2.45) is 0 Å². The van der Waals surface area contributed by atoms with Gasteiger partial charge in [-0.05, 0) is 43.3 Å². The second-order valence-electron chi connectivity index (χ2n) is 5.73. The normalized spacial score (nSPS) is 11.3. The van der Waals surface area contributed by atoms with Crippen LogP contribution in [0.2, 0.25) is 0 Å². The average Bonchev–Trinajstić information content (AvgIpc) is 3.19. The molecule has 152 valence electrons. The van der Waals surface area contributed by atoms with Crippen LogP contribution in [0.4, 0.5) is 10.5 Å². The van der Waals surface area contributed by atoms with Gasteiger partial charge in [-0.25, -0.2) is 15.0 Å². The maximum atomic E-state index is 11.8. The van der Waals surface area contributed by atoms with E-state index < -0.39 is 17.9 Å². The van der Waals surface area contributed by atoms with Gasteiger partial charge in [0.2, 0.25) is 6.79 Å². The lowest BCUT2D eigenvalue weighted by molar-refractivity contribution is -0.123. The van der Waals surface area contributed by atoms with Gasteiger partial charge in [-0.15, -0.1) is 0 Å². The molecule has 1 aliphatic heterocycles. The molecule has 0 aromatic heterocycles. The molecule has 10 heteroatoms. The summed E-state index contributed by atoms with van der Waals surface area (Å²) in [5, 5.41) is 2.51. The molecule has 0 fully saturated rings. The van der Waals surface area contributed by atoms with Gasteiger partial charge in [0.15, 0.2) is 18.1 Å². The Bertz CT molecular complexity index is 899. The molecule has 0 spiro atoms. The first-order valence-electron chi connectivity index (χ1n) is 8.70. The SMILES string of the molecule is CCOC(=O)c1ccc(NC(=O)NNC(=O)COc2ccc3c(c2)OCO3)cc1. The number of anilines is 1. The van der Waals surface area contributed by atoms with Crippen LogP contribution in [0.1, 0.15) is 17.3 Å². The number of carbonyl (C=O) groups is 3. The van der Waals surface area contributed by atoms with Crippen LogP contribution in [0.15, 0.2) is 42.5 Å². The van der Waals surface area contributed by atoms with Crippen LogP contribution in [0.3, 0.4) is 0 Å². The number of rotatable bonds is 6. The Morgan fingerprint density at radius 1 is 1.00 bits per heavy atom. The predicted molar refractivity (Wildman–Crippen MR) is 101 cm³/mol. The van der Waals surface area contributed by atoms with Gasteiger partial charge in [0.1, 0.15) is 5.75 Å². The van der Waals surface area contributed by atoms with E-state index in [0.717, 1.165) is 0 Å². The molecule has 0 radical (unpaired) electrons. The number of benzene rings is 2. The first kappa shape index (κ1) is 19.8. The van der Waals surface area contributed by atoms with Crippen LogP contribution in [-0.4, -0.2) is 37.9 Å². The van der Waals surface area contributed by atoms with Gasteiger partial charge in [-0.3, -0.25) is 10.2 Å². The first-order chi connectivity index (χ1) is 14.0. The summed E-state index contributed by atoms with van der Waals surface area (Å²) in [6.45, 7) is 1.82. The van der Waals surface area contributed by atoms with Gasteiger partial charge >= 0.3 is 12.0 Å². The zero-order chi connectivity index (χ0) is 20.6. The van der Waals surface area contributed by atoms with Crippen molar-refractivity contribution in [2.45, 2.75) is 6.92 Å². The van der Waals surface area contributed by atoms with Gasteiger partial charge in [0.25, 0.3) is 5.91 Å². The van der Waals surface area contributed by atoms with E-state index in [9.17, 15) is 14.4 Å². The summed E-state index contributed by atoms with van der Waals surface area (Å²) >= 11 is 0. The number of esters is 1. The Balaban J connectivity index is 1.39. The van der Waals surface area contributed by atoms with Gasteiger partial charge in [-0.1, -0.05) is 0 Å². The minimum absolute atomic E-state index is 0.143. The standard InChI is InChI=1S/C19H19N3O7/c1-2-26-18(24)12-3-5-13(6-4-12)20-19(25)22-21-17(23)10-27-14-7-8-15-16(9-14)29-11-28-15/h3-9H,2,10-11H2,1H3,(H,21,23)(H2,20,22,25). The molecule has 0 unspecified atom stereocenters. The number of ether oxygens (including phenoxy) is 4. The van der Waals surface area contributed by atoms with Crippen molar-refractivity contribution in [3.8, 4) is 17.2 Å². The van der Waals surface area contributed by atoms with Crippen molar-refractivity contribution in [1.29, 1.82) is 0 Å². The number of hydrogen-bond acceptors (Lipinski definition) is 7. The number of amides is 3. The summed E-state index contributed by atoms with van der Waals surface area (Å²) in [5.41, 5.74) is 5.22. The second kappa shape index (κ2) is 9.31. The Morgan fingerprint density at radius 3 is 2.52 bits per heavy atom. The average molecular weight is 401 g/mol. The molecule has 0 aliphatic carbocycles. The Morgan fingerprint density at radius 2 is 1.76 bits per heavy atom. The fourth-order valence-corrected chi connectivity index (χ4v) is 2.34. The molecule has 29 heavy (non-hydrogen) atoms. The smallest absolute Gasteiger partial charge is 0.338 e. The topological polar surface area (TPSA) is 124 Å². The van der Waals surface area contributed by atoms with E-state index in [0.29, 0.717) is 28.5 Å². The van der Waals surface area contributed by atoms with Crippen molar-refractivity contribution in [3.63, 3.8) is 0 Å². The first-order valence-corrected chi connectivity index (χ1v) is 8.70. The van der Waals surface area contributed by atoms with E-state index >= 15 is 0 Å². The molecular formula is C19H19N3O7. The predicted octanol–water partition coefficient (Wildman–Crippen LogP) is 1.82. The van der Waals surface area contributed by atoms with Crippen LogP contribution in [0, 0.1) is 0 Å². The van der Waals surface area contributed by atoms with Crippen molar-refractivity contribution < 1.29 is 33.3 Å². The van der Waals surface area contributed by atoms with Crippen LogP contribution >= 0.6 is 0 Å². The molecule has 3 N–H and O–H groups in total. The van der Waals surface area contributed by atoms with E-state index in [2.05, 4.69) is 16.2 Å². The van der Waals surface area contributed by atoms with E-state index in [4.69, 9.17) is 18.9 Å². The number of urea groups is 1. The molecule has 0 saturated heterocycles. The highest BCUT2D eigenvalue weighted by Crippen LogP contribution is 2.34. The lowest BCUT2D eigenvalue weighted by atomic mass is 10.2. The molecule has 2 aromatic carbocycles. The highest BCUT2D eigenvalue weighted by molar-refractivity contribution is 5.93. The minimum Gasteiger partial charge on any atom is -0.484 e. The number of fused-ring (bicyclic) bond motifs is 1. The number of hydrogen-bond donors (Lipinski definition) is 3. The summed E-state index contributed by atoms with van der Waals surface area (Å²) in [6.07, 6.45) is 0. The quantitative estimate of drug-likeness (QED) is 0.498. The van der Waals surface area contributed by atoms with Crippen molar-refractivity contribution in [2.75, 3.05) is 25.3 Å². The molecular weight excluding hydrogens is 382 g/mol. The van der Waals surface area contributed by atoms with E-state index in [1.165, 1.54) is 24.3 Å². The fourth-order valence-electron chi connectivity index (χ4n) is 2.34. The van der Waals surface area contributed by atoms with Crippen molar-refractivity contribution in [3.05, 3.63) is 48.0 Å². The summed E-state index contributed by atoms with van der Waals surface area (Å²) in [4.78, 5) is 35.2. The maximum Gasteiger partial charge on any atom is 0.338 e.